The molecule has 4 heteroatoms. The zero-order valence-electron chi connectivity index (χ0n) is 13.1. The molecule has 0 aliphatic heterocycles. The Bertz CT molecular complexity index is 1040. The molecule has 0 aliphatic carbocycles. The highest BCUT2D eigenvalue weighted by atomic mass is 15.1. The summed E-state index contributed by atoms with van der Waals surface area (Å²) >= 11 is 0. The van der Waals surface area contributed by atoms with Gasteiger partial charge in [-0.3, -0.25) is 10.4 Å². The average Bonchev–Trinajstić information content (AvgIpc) is 2.65. The molecule has 0 radical (unpaired) electrons. The van der Waals surface area contributed by atoms with Gasteiger partial charge in [0.1, 0.15) is 11.3 Å². The first kappa shape index (κ1) is 14.3. The molecule has 0 atom stereocenters. The number of rotatable bonds is 3. The Morgan fingerprint density at radius 1 is 0.833 bits per heavy atom. The number of hydrogen-bond acceptors (Lipinski definition) is 3. The minimum atomic E-state index is 0.449. The van der Waals surface area contributed by atoms with Gasteiger partial charge in [-0.1, -0.05) is 48.5 Å². The topological polar surface area (TPSA) is 54.6 Å². The standard InChI is InChI=1S/C20H16N4/c21-19-17-11-4-5-12-18(17)23-20(15-8-2-1-3-9-15)24(19)14-16-10-6-7-13-22-16/h1-13,21H,14H2. The molecule has 2 aromatic heterocycles. The molecule has 0 bridgehead atoms. The third-order valence-corrected chi connectivity index (χ3v) is 3.99. The summed E-state index contributed by atoms with van der Waals surface area (Å²) in [4.78, 5) is 9.22. The van der Waals surface area contributed by atoms with Gasteiger partial charge in [-0.05, 0) is 24.3 Å². The van der Waals surface area contributed by atoms with Crippen LogP contribution in [-0.2, 0) is 6.54 Å². The monoisotopic (exact) mass is 312 g/mol. The molecule has 0 unspecified atom stereocenters. The van der Waals surface area contributed by atoms with Crippen LogP contribution < -0.4 is 5.49 Å². The van der Waals surface area contributed by atoms with Gasteiger partial charge < -0.3 is 4.57 Å². The molecule has 116 valence electrons. The van der Waals surface area contributed by atoms with E-state index in [2.05, 4.69) is 4.98 Å². The first-order valence-corrected chi connectivity index (χ1v) is 7.82. The highest BCUT2D eigenvalue weighted by Gasteiger charge is 2.11. The minimum absolute atomic E-state index is 0.449. The lowest BCUT2D eigenvalue weighted by Crippen LogP contribution is -2.24. The summed E-state index contributed by atoms with van der Waals surface area (Å²) in [5.74, 6) is 0.782. The molecule has 4 nitrogen and oxygen atoms in total. The number of nitrogens with one attached hydrogen (secondary N) is 1. The lowest BCUT2D eigenvalue weighted by Gasteiger charge is -2.15. The minimum Gasteiger partial charge on any atom is -0.304 e. The molecule has 2 heterocycles. The van der Waals surface area contributed by atoms with Crippen molar-refractivity contribution in [2.24, 2.45) is 0 Å². The SMILES string of the molecule is N=c1c2ccccc2nc(-c2ccccc2)n1Cc1ccccn1. The van der Waals surface area contributed by atoms with E-state index in [-0.39, 0.29) is 0 Å². The molecule has 0 aliphatic rings. The molecule has 0 saturated heterocycles. The summed E-state index contributed by atoms with van der Waals surface area (Å²) in [5, 5.41) is 9.52. The second-order valence-electron chi connectivity index (χ2n) is 5.57. The number of hydrogen-bond donors (Lipinski definition) is 1. The van der Waals surface area contributed by atoms with E-state index in [0.29, 0.717) is 12.0 Å². The molecule has 1 N–H and O–H groups in total. The maximum absolute atomic E-state index is 8.67. The zero-order chi connectivity index (χ0) is 16.4. The molecule has 0 spiro atoms. The number of aromatic nitrogens is 3. The van der Waals surface area contributed by atoms with E-state index in [1.54, 1.807) is 6.20 Å². The molecule has 0 saturated carbocycles. The van der Waals surface area contributed by atoms with Crippen molar-refractivity contribution in [3.63, 3.8) is 0 Å². The van der Waals surface area contributed by atoms with Gasteiger partial charge in [0.05, 0.1) is 17.8 Å². The third-order valence-electron chi connectivity index (χ3n) is 3.99. The van der Waals surface area contributed by atoms with Crippen LogP contribution in [0.25, 0.3) is 22.3 Å². The van der Waals surface area contributed by atoms with Crippen LogP contribution in [0.4, 0.5) is 0 Å². The van der Waals surface area contributed by atoms with Crippen LogP contribution >= 0.6 is 0 Å². The van der Waals surface area contributed by atoms with Crippen molar-refractivity contribution >= 4 is 10.9 Å². The van der Waals surface area contributed by atoms with Gasteiger partial charge in [0.15, 0.2) is 0 Å². The molecular weight excluding hydrogens is 296 g/mol. The van der Waals surface area contributed by atoms with E-state index in [9.17, 15) is 0 Å². The van der Waals surface area contributed by atoms with Crippen LogP contribution in [0, 0.1) is 5.41 Å². The van der Waals surface area contributed by atoms with Gasteiger partial charge in [-0.25, -0.2) is 4.98 Å². The fourth-order valence-electron chi connectivity index (χ4n) is 2.81. The number of nitrogens with zero attached hydrogens (tertiary/aromatic N) is 3. The second kappa shape index (κ2) is 6.08. The van der Waals surface area contributed by atoms with E-state index in [4.69, 9.17) is 10.4 Å². The van der Waals surface area contributed by atoms with Crippen molar-refractivity contribution < 1.29 is 0 Å². The zero-order valence-corrected chi connectivity index (χ0v) is 13.1. The summed E-state index contributed by atoms with van der Waals surface area (Å²) in [6.45, 7) is 0.516. The van der Waals surface area contributed by atoms with Crippen molar-refractivity contribution in [1.82, 2.24) is 14.5 Å². The van der Waals surface area contributed by atoms with E-state index in [1.807, 2.05) is 77.4 Å². The van der Waals surface area contributed by atoms with Crippen molar-refractivity contribution in [3.8, 4) is 11.4 Å². The summed E-state index contributed by atoms with van der Waals surface area (Å²) in [6.07, 6.45) is 1.77. The smallest absolute Gasteiger partial charge is 0.142 e. The average molecular weight is 312 g/mol. The van der Waals surface area contributed by atoms with E-state index >= 15 is 0 Å². The number of benzene rings is 2. The Labute approximate surface area is 139 Å². The second-order valence-corrected chi connectivity index (χ2v) is 5.57. The van der Waals surface area contributed by atoms with Gasteiger partial charge in [0.25, 0.3) is 0 Å². The predicted molar refractivity (Wildman–Crippen MR) is 94.4 cm³/mol. The number of fused-ring (bicyclic) bond motifs is 1. The lowest BCUT2D eigenvalue weighted by molar-refractivity contribution is 0.717. The Kier molecular flexibility index (Phi) is 3.63. The van der Waals surface area contributed by atoms with Gasteiger partial charge in [0.2, 0.25) is 0 Å². The van der Waals surface area contributed by atoms with Gasteiger partial charge in [-0.2, -0.15) is 0 Å². The van der Waals surface area contributed by atoms with Crippen LogP contribution in [0.15, 0.2) is 79.0 Å². The number of pyridine rings is 1. The van der Waals surface area contributed by atoms with E-state index in [0.717, 1.165) is 28.0 Å². The fraction of sp³-hybridized carbons (Fsp3) is 0.0500. The molecule has 0 fully saturated rings. The Morgan fingerprint density at radius 2 is 1.58 bits per heavy atom. The molecule has 4 aromatic rings. The van der Waals surface area contributed by atoms with Gasteiger partial charge in [-0.15, -0.1) is 0 Å². The predicted octanol–water partition coefficient (Wildman–Crippen LogP) is 3.63. The largest absolute Gasteiger partial charge is 0.304 e. The maximum atomic E-state index is 8.67. The Balaban J connectivity index is 1.98. The first-order valence-electron chi connectivity index (χ1n) is 7.82. The lowest BCUT2D eigenvalue weighted by atomic mass is 10.1. The van der Waals surface area contributed by atoms with Crippen LogP contribution in [0.1, 0.15) is 5.69 Å². The molecule has 4 rings (SSSR count). The Morgan fingerprint density at radius 3 is 2.38 bits per heavy atom. The van der Waals surface area contributed by atoms with Crippen molar-refractivity contribution in [3.05, 3.63) is 90.2 Å². The van der Waals surface area contributed by atoms with Crippen LogP contribution in [0.3, 0.4) is 0 Å². The van der Waals surface area contributed by atoms with Crippen LogP contribution in [-0.4, -0.2) is 14.5 Å². The van der Waals surface area contributed by atoms with Crippen LogP contribution in [0.2, 0.25) is 0 Å². The number of para-hydroxylation sites is 1. The summed E-state index contributed by atoms with van der Waals surface area (Å²) in [7, 11) is 0. The van der Waals surface area contributed by atoms with Gasteiger partial charge in [0, 0.05) is 17.1 Å². The van der Waals surface area contributed by atoms with E-state index in [1.165, 1.54) is 0 Å². The quantitative estimate of drug-likeness (QED) is 0.628. The molecular formula is C20H16N4. The highest BCUT2D eigenvalue weighted by molar-refractivity contribution is 5.79. The normalized spacial score (nSPS) is 10.8. The fourth-order valence-corrected chi connectivity index (χ4v) is 2.81. The summed E-state index contributed by atoms with van der Waals surface area (Å²) in [6, 6.07) is 23.6. The van der Waals surface area contributed by atoms with Crippen molar-refractivity contribution in [2.75, 3.05) is 0 Å². The summed E-state index contributed by atoms with van der Waals surface area (Å²) in [5.41, 5.74) is 3.18. The maximum Gasteiger partial charge on any atom is 0.142 e. The van der Waals surface area contributed by atoms with Gasteiger partial charge >= 0.3 is 0 Å². The molecule has 24 heavy (non-hydrogen) atoms. The molecule has 0 amide bonds. The molecule has 2 aromatic carbocycles. The van der Waals surface area contributed by atoms with E-state index < -0.39 is 0 Å². The third kappa shape index (κ3) is 2.58. The van der Waals surface area contributed by atoms with Crippen molar-refractivity contribution in [1.29, 1.82) is 5.41 Å². The van der Waals surface area contributed by atoms with Crippen LogP contribution in [0.5, 0.6) is 0 Å². The first-order chi connectivity index (χ1) is 11.8. The van der Waals surface area contributed by atoms with Crippen molar-refractivity contribution in [2.45, 2.75) is 6.54 Å². The Hall–Kier alpha value is -3.27. The summed E-state index contributed by atoms with van der Waals surface area (Å²) < 4.78 is 1.92. The highest BCUT2D eigenvalue weighted by Crippen LogP contribution is 2.19.